The molecule has 2 N–H and O–H groups in total. The van der Waals surface area contributed by atoms with Crippen molar-refractivity contribution in [2.24, 2.45) is 7.05 Å². The van der Waals surface area contributed by atoms with Gasteiger partial charge in [-0.05, 0) is 6.07 Å². The van der Waals surface area contributed by atoms with Crippen molar-refractivity contribution in [2.45, 2.75) is 6.54 Å². The fourth-order valence-corrected chi connectivity index (χ4v) is 1.01. The van der Waals surface area contributed by atoms with Crippen LogP contribution < -0.4 is 10.6 Å². The maximum absolute atomic E-state index is 11.2. The molecule has 0 aromatic carbocycles. The number of aryl methyl sites for hydroxylation is 1. The molecule has 1 heterocycles. The molecule has 0 spiro atoms. The van der Waals surface area contributed by atoms with Gasteiger partial charge in [-0.3, -0.25) is 14.3 Å². The topological polar surface area (TPSA) is 99.8 Å². The van der Waals surface area contributed by atoms with E-state index in [1.54, 1.807) is 30.1 Å². The van der Waals surface area contributed by atoms with Crippen LogP contribution in [0.15, 0.2) is 12.3 Å². The molecule has 84 valence electrons. The minimum atomic E-state index is -0.822. The SMILES string of the molecule is Cn1ccc(CNC(=O)C(=O)NCC#N)n1. The first kappa shape index (κ1) is 11.7. The molecule has 2 amide bonds. The second-order valence-corrected chi connectivity index (χ2v) is 3.00. The van der Waals surface area contributed by atoms with E-state index in [1.165, 1.54) is 0 Å². The Balaban J connectivity index is 2.35. The van der Waals surface area contributed by atoms with Crippen molar-refractivity contribution in [1.29, 1.82) is 5.26 Å². The van der Waals surface area contributed by atoms with E-state index < -0.39 is 11.8 Å². The number of hydrogen-bond donors (Lipinski definition) is 2. The van der Waals surface area contributed by atoms with Gasteiger partial charge in [0.2, 0.25) is 0 Å². The smallest absolute Gasteiger partial charge is 0.310 e. The zero-order valence-electron chi connectivity index (χ0n) is 8.73. The highest BCUT2D eigenvalue weighted by Gasteiger charge is 2.12. The molecule has 1 rings (SSSR count). The number of nitrogens with one attached hydrogen (secondary N) is 2. The fourth-order valence-electron chi connectivity index (χ4n) is 1.01. The molecule has 0 bridgehead atoms. The Morgan fingerprint density at radius 2 is 2.19 bits per heavy atom. The Kier molecular flexibility index (Phi) is 4.03. The molecule has 16 heavy (non-hydrogen) atoms. The van der Waals surface area contributed by atoms with Crippen molar-refractivity contribution < 1.29 is 9.59 Å². The number of carbonyl (C=O) groups is 2. The van der Waals surface area contributed by atoms with Gasteiger partial charge in [0.25, 0.3) is 0 Å². The normalized spacial score (nSPS) is 9.25. The molecule has 0 aliphatic carbocycles. The summed E-state index contributed by atoms with van der Waals surface area (Å²) in [6.07, 6.45) is 1.73. The predicted octanol–water partition coefficient (Wildman–Crippen LogP) is -1.32. The van der Waals surface area contributed by atoms with Gasteiger partial charge in [0.1, 0.15) is 6.54 Å². The number of amides is 2. The minimum absolute atomic E-state index is 0.180. The molecule has 0 aliphatic heterocycles. The lowest BCUT2D eigenvalue weighted by Crippen LogP contribution is -2.39. The van der Waals surface area contributed by atoms with Gasteiger partial charge in [-0.2, -0.15) is 10.4 Å². The highest BCUT2D eigenvalue weighted by molar-refractivity contribution is 6.35. The Morgan fingerprint density at radius 1 is 1.50 bits per heavy atom. The molecule has 0 fully saturated rings. The second kappa shape index (κ2) is 5.50. The standard InChI is InChI=1S/C9H11N5O2/c1-14-5-2-7(13-14)6-12-9(16)8(15)11-4-3-10/h2,5H,4,6H2,1H3,(H,11,15)(H,12,16). The third kappa shape index (κ3) is 3.42. The molecule has 0 saturated heterocycles. The predicted molar refractivity (Wildman–Crippen MR) is 53.7 cm³/mol. The zero-order valence-corrected chi connectivity index (χ0v) is 8.73. The van der Waals surface area contributed by atoms with Crippen molar-refractivity contribution in [3.63, 3.8) is 0 Å². The van der Waals surface area contributed by atoms with E-state index in [1.807, 2.05) is 0 Å². The summed E-state index contributed by atoms with van der Waals surface area (Å²) in [5.41, 5.74) is 0.656. The summed E-state index contributed by atoms with van der Waals surface area (Å²) >= 11 is 0. The fraction of sp³-hybridized carbons (Fsp3) is 0.333. The first-order chi connectivity index (χ1) is 7.63. The quantitative estimate of drug-likeness (QED) is 0.488. The second-order valence-electron chi connectivity index (χ2n) is 3.00. The Hall–Kier alpha value is -2.36. The first-order valence-electron chi connectivity index (χ1n) is 4.55. The van der Waals surface area contributed by atoms with Crippen LogP contribution in [0.3, 0.4) is 0 Å². The van der Waals surface area contributed by atoms with Crippen LogP contribution in [0, 0.1) is 11.3 Å². The molecule has 0 radical (unpaired) electrons. The number of aromatic nitrogens is 2. The van der Waals surface area contributed by atoms with Gasteiger partial charge in [-0.1, -0.05) is 0 Å². The lowest BCUT2D eigenvalue weighted by Gasteiger charge is -2.01. The van der Waals surface area contributed by atoms with Crippen molar-refractivity contribution in [3.8, 4) is 6.07 Å². The van der Waals surface area contributed by atoms with Crippen molar-refractivity contribution >= 4 is 11.8 Å². The monoisotopic (exact) mass is 221 g/mol. The zero-order chi connectivity index (χ0) is 12.0. The molecule has 7 heteroatoms. The lowest BCUT2D eigenvalue weighted by atomic mass is 10.4. The summed E-state index contributed by atoms with van der Waals surface area (Å²) in [7, 11) is 1.75. The van der Waals surface area contributed by atoms with Gasteiger partial charge in [0, 0.05) is 13.2 Å². The third-order valence-electron chi connectivity index (χ3n) is 1.73. The van der Waals surface area contributed by atoms with Crippen LogP contribution in [0.5, 0.6) is 0 Å². The summed E-state index contributed by atoms with van der Waals surface area (Å²) in [4.78, 5) is 22.2. The largest absolute Gasteiger partial charge is 0.342 e. The third-order valence-corrected chi connectivity index (χ3v) is 1.73. The molecule has 7 nitrogen and oxygen atoms in total. The van der Waals surface area contributed by atoms with Crippen molar-refractivity contribution in [3.05, 3.63) is 18.0 Å². The van der Waals surface area contributed by atoms with Crippen LogP contribution in [0.4, 0.5) is 0 Å². The Bertz CT molecular complexity index is 431. The molecule has 1 aromatic rings. The van der Waals surface area contributed by atoms with Crippen LogP contribution in [-0.4, -0.2) is 28.1 Å². The number of carbonyl (C=O) groups excluding carboxylic acids is 2. The highest BCUT2D eigenvalue weighted by Crippen LogP contribution is 1.92. The average Bonchev–Trinajstić information content (AvgIpc) is 2.68. The van der Waals surface area contributed by atoms with Gasteiger partial charge >= 0.3 is 11.8 Å². The van der Waals surface area contributed by atoms with Crippen LogP contribution in [0.25, 0.3) is 0 Å². The summed E-state index contributed by atoms with van der Waals surface area (Å²) < 4.78 is 1.59. The maximum atomic E-state index is 11.2. The van der Waals surface area contributed by atoms with Crippen LogP contribution in [0.2, 0.25) is 0 Å². The first-order valence-corrected chi connectivity index (χ1v) is 4.55. The van der Waals surface area contributed by atoms with E-state index in [2.05, 4.69) is 15.7 Å². The van der Waals surface area contributed by atoms with E-state index in [0.717, 1.165) is 0 Å². The van der Waals surface area contributed by atoms with E-state index >= 15 is 0 Å². The molecule has 0 unspecified atom stereocenters. The minimum Gasteiger partial charge on any atom is -0.342 e. The van der Waals surface area contributed by atoms with Gasteiger partial charge in [-0.15, -0.1) is 0 Å². The van der Waals surface area contributed by atoms with E-state index in [9.17, 15) is 9.59 Å². The maximum Gasteiger partial charge on any atom is 0.310 e. The molecule has 0 saturated carbocycles. The van der Waals surface area contributed by atoms with Gasteiger partial charge in [0.05, 0.1) is 18.3 Å². The Morgan fingerprint density at radius 3 is 2.75 bits per heavy atom. The molecule has 0 atom stereocenters. The summed E-state index contributed by atoms with van der Waals surface area (Å²) in [6.45, 7) is -0.00448. The Labute approximate surface area is 92.0 Å². The van der Waals surface area contributed by atoms with Gasteiger partial charge in [-0.25, -0.2) is 0 Å². The van der Waals surface area contributed by atoms with Gasteiger partial charge < -0.3 is 10.6 Å². The van der Waals surface area contributed by atoms with Crippen LogP contribution in [-0.2, 0) is 23.2 Å². The summed E-state index contributed by atoms with van der Waals surface area (Å²) in [6, 6.07) is 3.43. The molecule has 1 aromatic heterocycles. The number of nitriles is 1. The molecule has 0 aliphatic rings. The van der Waals surface area contributed by atoms with Crippen LogP contribution >= 0.6 is 0 Å². The van der Waals surface area contributed by atoms with E-state index in [4.69, 9.17) is 5.26 Å². The lowest BCUT2D eigenvalue weighted by molar-refractivity contribution is -0.139. The van der Waals surface area contributed by atoms with Crippen molar-refractivity contribution in [2.75, 3.05) is 6.54 Å². The van der Waals surface area contributed by atoms with Gasteiger partial charge in [0.15, 0.2) is 0 Å². The van der Waals surface area contributed by atoms with E-state index in [-0.39, 0.29) is 13.1 Å². The molecular weight excluding hydrogens is 210 g/mol. The van der Waals surface area contributed by atoms with Crippen LogP contribution in [0.1, 0.15) is 5.69 Å². The molecular formula is C9H11N5O2. The summed E-state index contributed by atoms with van der Waals surface area (Å²) in [5, 5.41) is 16.7. The highest BCUT2D eigenvalue weighted by atomic mass is 16.2. The van der Waals surface area contributed by atoms with E-state index in [0.29, 0.717) is 5.69 Å². The number of rotatable bonds is 3. The number of hydrogen-bond acceptors (Lipinski definition) is 4. The summed E-state index contributed by atoms with van der Waals surface area (Å²) in [5.74, 6) is -1.60. The average molecular weight is 221 g/mol. The van der Waals surface area contributed by atoms with Crippen molar-refractivity contribution in [1.82, 2.24) is 20.4 Å². The number of nitrogens with zero attached hydrogens (tertiary/aromatic N) is 3.